The van der Waals surface area contributed by atoms with Crippen LogP contribution in [0.3, 0.4) is 0 Å². The molecule has 0 amide bonds. The van der Waals surface area contributed by atoms with Crippen molar-refractivity contribution < 1.29 is 80.2 Å². The number of ether oxygens (including phenoxy) is 4. The van der Waals surface area contributed by atoms with Crippen LogP contribution in [0.1, 0.15) is 401 Å². The molecule has 99 heavy (non-hydrogen) atoms. The Kier molecular flexibility index (Phi) is 70.7. The van der Waals surface area contributed by atoms with E-state index in [0.717, 1.165) is 115 Å². The predicted octanol–water partition coefficient (Wildman–Crippen LogP) is 23.6. The maximum absolute atomic E-state index is 13.1. The van der Waals surface area contributed by atoms with Crippen LogP contribution in [0.15, 0.2) is 24.3 Å². The molecule has 3 N–H and O–H groups in total. The third-order valence-electron chi connectivity index (χ3n) is 18.2. The van der Waals surface area contributed by atoms with Gasteiger partial charge in [0, 0.05) is 25.7 Å². The molecule has 0 aromatic heterocycles. The van der Waals surface area contributed by atoms with Crippen molar-refractivity contribution >= 4 is 39.5 Å². The zero-order valence-corrected chi connectivity index (χ0v) is 65.9. The van der Waals surface area contributed by atoms with Crippen molar-refractivity contribution in [3.8, 4) is 0 Å². The van der Waals surface area contributed by atoms with Gasteiger partial charge in [0.05, 0.1) is 26.4 Å². The molecular weight excluding hydrogens is 1290 g/mol. The fourth-order valence-electron chi connectivity index (χ4n) is 11.9. The molecule has 0 saturated heterocycles. The van der Waals surface area contributed by atoms with Crippen LogP contribution in [0.5, 0.6) is 0 Å². The van der Waals surface area contributed by atoms with E-state index < -0.39 is 97.5 Å². The number of unbranched alkanes of at least 4 members (excludes halogenated alkanes) is 47. The van der Waals surface area contributed by atoms with Crippen LogP contribution in [0.2, 0.25) is 0 Å². The molecule has 0 aromatic carbocycles. The monoisotopic (exact) mass is 1450 g/mol. The molecule has 0 aliphatic rings. The number of phosphoric ester groups is 2. The minimum Gasteiger partial charge on any atom is -0.462 e. The highest BCUT2D eigenvalue weighted by atomic mass is 31.2. The molecular formula is C80H152O17P2. The molecule has 0 aromatic rings. The first-order valence-electron chi connectivity index (χ1n) is 41.0. The van der Waals surface area contributed by atoms with Gasteiger partial charge in [-0.25, -0.2) is 9.13 Å². The highest BCUT2D eigenvalue weighted by Gasteiger charge is 2.30. The Morgan fingerprint density at radius 2 is 0.545 bits per heavy atom. The van der Waals surface area contributed by atoms with Gasteiger partial charge in [-0.1, -0.05) is 348 Å². The van der Waals surface area contributed by atoms with E-state index in [9.17, 15) is 43.2 Å². The van der Waals surface area contributed by atoms with Crippen molar-refractivity contribution in [1.29, 1.82) is 0 Å². The SMILES string of the molecule is CCCCCC/C=C\C=C/CCCCCCCC(=O)OC[C@H](COP(=O)(O)OC[C@@H](O)COP(=O)(O)OC[C@@H](COC(=O)CCCCCCCCCCCCCC)OC(=O)CCCCCCCCCCCCCCCCC)OC(=O)CCCCCCCCCCCCCCCCC(C)C. The van der Waals surface area contributed by atoms with Gasteiger partial charge in [-0.15, -0.1) is 0 Å². The van der Waals surface area contributed by atoms with Crippen LogP contribution in [-0.4, -0.2) is 96.7 Å². The van der Waals surface area contributed by atoms with E-state index >= 15 is 0 Å². The highest BCUT2D eigenvalue weighted by molar-refractivity contribution is 7.47. The van der Waals surface area contributed by atoms with Gasteiger partial charge >= 0.3 is 39.5 Å². The van der Waals surface area contributed by atoms with Crippen LogP contribution >= 0.6 is 15.6 Å². The van der Waals surface area contributed by atoms with Crippen molar-refractivity contribution in [1.82, 2.24) is 0 Å². The number of hydrogen-bond acceptors (Lipinski definition) is 15. The number of esters is 4. The molecule has 0 fully saturated rings. The summed E-state index contributed by atoms with van der Waals surface area (Å²) in [6.45, 7) is 7.28. The second-order valence-electron chi connectivity index (χ2n) is 28.6. The van der Waals surface area contributed by atoms with Crippen LogP contribution in [0, 0.1) is 5.92 Å². The van der Waals surface area contributed by atoms with E-state index in [1.807, 2.05) is 0 Å². The molecule has 0 spiro atoms. The van der Waals surface area contributed by atoms with Gasteiger partial charge in [-0.2, -0.15) is 0 Å². The quantitative estimate of drug-likeness (QED) is 0.0169. The Labute approximate surface area is 605 Å². The van der Waals surface area contributed by atoms with Gasteiger partial charge in [0.1, 0.15) is 19.3 Å². The molecule has 2 unspecified atom stereocenters. The maximum atomic E-state index is 13.1. The zero-order chi connectivity index (χ0) is 72.7. The number of carbonyl (C=O) groups excluding carboxylic acids is 4. The van der Waals surface area contributed by atoms with Gasteiger partial charge in [-0.05, 0) is 57.3 Å². The van der Waals surface area contributed by atoms with Gasteiger partial charge in [0.15, 0.2) is 12.2 Å². The molecule has 0 radical (unpaired) electrons. The Bertz CT molecular complexity index is 1990. The van der Waals surface area contributed by atoms with Gasteiger partial charge in [-0.3, -0.25) is 37.3 Å². The van der Waals surface area contributed by atoms with Gasteiger partial charge < -0.3 is 33.8 Å². The number of carbonyl (C=O) groups is 4. The minimum absolute atomic E-state index is 0.101. The predicted molar refractivity (Wildman–Crippen MR) is 404 cm³/mol. The van der Waals surface area contributed by atoms with E-state index in [1.54, 1.807) is 0 Å². The summed E-state index contributed by atoms with van der Waals surface area (Å²) in [7, 11) is -9.93. The molecule has 17 nitrogen and oxygen atoms in total. The lowest BCUT2D eigenvalue weighted by atomic mass is 10.0. The lowest BCUT2D eigenvalue weighted by molar-refractivity contribution is -0.161. The summed E-state index contributed by atoms with van der Waals surface area (Å²) < 4.78 is 68.7. The minimum atomic E-state index is -4.97. The van der Waals surface area contributed by atoms with Crippen LogP contribution in [-0.2, 0) is 65.4 Å². The average molecular weight is 1450 g/mol. The fourth-order valence-corrected chi connectivity index (χ4v) is 13.4. The van der Waals surface area contributed by atoms with Crippen molar-refractivity contribution in [2.24, 2.45) is 5.92 Å². The first kappa shape index (κ1) is 96.5. The number of phosphoric acid groups is 2. The smallest absolute Gasteiger partial charge is 0.462 e. The summed E-state index contributed by atoms with van der Waals surface area (Å²) in [5.41, 5.74) is 0. The molecule has 0 aliphatic heterocycles. The second kappa shape index (κ2) is 72.5. The Morgan fingerprint density at radius 1 is 0.313 bits per heavy atom. The van der Waals surface area contributed by atoms with Crippen LogP contribution < -0.4 is 0 Å². The van der Waals surface area contributed by atoms with E-state index in [2.05, 4.69) is 58.9 Å². The molecule has 0 bridgehead atoms. The first-order valence-corrected chi connectivity index (χ1v) is 43.9. The third-order valence-corrected chi connectivity index (χ3v) is 20.1. The summed E-state index contributed by atoms with van der Waals surface area (Å²) in [5, 5.41) is 10.6. The summed E-state index contributed by atoms with van der Waals surface area (Å²) >= 11 is 0. The Balaban J connectivity index is 5.30. The van der Waals surface area contributed by atoms with Crippen LogP contribution in [0.25, 0.3) is 0 Å². The lowest BCUT2D eigenvalue weighted by Crippen LogP contribution is -2.30. The van der Waals surface area contributed by atoms with Crippen molar-refractivity contribution in [3.05, 3.63) is 24.3 Å². The average Bonchev–Trinajstić information content (AvgIpc) is 1.20. The fraction of sp³-hybridized carbons (Fsp3) is 0.900. The van der Waals surface area contributed by atoms with E-state index in [1.165, 1.54) is 205 Å². The molecule has 584 valence electrons. The van der Waals surface area contributed by atoms with Crippen molar-refractivity contribution in [3.63, 3.8) is 0 Å². The number of hydrogen-bond donors (Lipinski definition) is 3. The number of rotatable bonds is 78. The summed E-state index contributed by atoms with van der Waals surface area (Å²) in [6.07, 6.45) is 65.8. The molecule has 0 rings (SSSR count). The summed E-state index contributed by atoms with van der Waals surface area (Å²) in [4.78, 5) is 73.0. The topological polar surface area (TPSA) is 237 Å². The van der Waals surface area contributed by atoms with Crippen molar-refractivity contribution in [2.45, 2.75) is 419 Å². The van der Waals surface area contributed by atoms with Gasteiger partial charge in [0.2, 0.25) is 0 Å². The standard InChI is InChI=1S/C80H152O17P2/c1-6-9-12-15-18-21-24-27-29-34-39-44-49-54-59-64-78(83)91-70-76(97-80(85)66-61-56-51-46-41-36-32-31-33-37-42-47-52-57-62-73(4)5)72-95-99(88,89)93-68-74(81)67-92-98(86,87)94-71-75(69-90-77(82)63-58-53-48-43-38-26-23-20-17-14-11-8-3)96-79(84)65-60-55-50-45-40-35-30-28-25-22-19-16-13-10-7-2/h21,24,27,29,73-76,81H,6-20,22-23,25-26,28,30-72H2,1-5H3,(H,86,87)(H,88,89)/b24-21-,29-27-/t74-,75+,76+/m0/s1. The normalized spacial score (nSPS) is 14.0. The Morgan fingerprint density at radius 3 is 0.828 bits per heavy atom. The summed E-state index contributed by atoms with van der Waals surface area (Å²) in [6, 6.07) is 0. The number of aliphatic hydroxyl groups is 1. The van der Waals surface area contributed by atoms with Crippen molar-refractivity contribution in [2.75, 3.05) is 39.6 Å². The van der Waals surface area contributed by atoms with E-state index in [-0.39, 0.29) is 25.7 Å². The lowest BCUT2D eigenvalue weighted by Gasteiger charge is -2.21. The third kappa shape index (κ3) is 73.6. The van der Waals surface area contributed by atoms with Crippen LogP contribution in [0.4, 0.5) is 0 Å². The Hall–Kier alpha value is -2.46. The highest BCUT2D eigenvalue weighted by Crippen LogP contribution is 2.45. The summed E-state index contributed by atoms with van der Waals surface area (Å²) in [5.74, 6) is -1.34. The largest absolute Gasteiger partial charge is 0.472 e. The molecule has 19 heteroatoms. The number of aliphatic hydroxyl groups excluding tert-OH is 1. The second-order valence-corrected chi connectivity index (χ2v) is 31.5. The van der Waals surface area contributed by atoms with Gasteiger partial charge in [0.25, 0.3) is 0 Å². The molecule has 5 atom stereocenters. The first-order chi connectivity index (χ1) is 48.0. The van der Waals surface area contributed by atoms with E-state index in [4.69, 9.17) is 37.0 Å². The number of allylic oxidation sites excluding steroid dienone is 4. The maximum Gasteiger partial charge on any atom is 0.472 e. The zero-order valence-electron chi connectivity index (χ0n) is 64.1. The van der Waals surface area contributed by atoms with E-state index in [0.29, 0.717) is 25.7 Å². The molecule has 0 heterocycles. The molecule has 0 saturated carbocycles. The molecule has 0 aliphatic carbocycles.